The fraction of sp³-hybridized carbons (Fsp3) is 0.409. The van der Waals surface area contributed by atoms with Gasteiger partial charge in [0.15, 0.2) is 5.96 Å². The highest BCUT2D eigenvalue weighted by molar-refractivity contribution is 5.80. The minimum Gasteiger partial charge on any atom is -0.497 e. The van der Waals surface area contributed by atoms with E-state index in [1.165, 1.54) is 5.56 Å². The molecule has 144 valence electrons. The van der Waals surface area contributed by atoms with Gasteiger partial charge in [-0.2, -0.15) is 0 Å². The summed E-state index contributed by atoms with van der Waals surface area (Å²) in [6.45, 7) is 5.14. The van der Waals surface area contributed by atoms with Crippen molar-refractivity contribution < 1.29 is 9.84 Å². The molecule has 0 aliphatic carbocycles. The Morgan fingerprint density at radius 2 is 1.96 bits per heavy atom. The van der Waals surface area contributed by atoms with Gasteiger partial charge in [-0.1, -0.05) is 42.5 Å². The predicted molar refractivity (Wildman–Crippen MR) is 109 cm³/mol. The lowest BCUT2D eigenvalue weighted by Crippen LogP contribution is -2.40. The zero-order valence-electron chi connectivity index (χ0n) is 16.1. The van der Waals surface area contributed by atoms with Crippen LogP contribution in [0.25, 0.3) is 0 Å². The van der Waals surface area contributed by atoms with E-state index in [0.717, 1.165) is 43.3 Å². The van der Waals surface area contributed by atoms with Gasteiger partial charge in [-0.25, -0.2) is 0 Å². The van der Waals surface area contributed by atoms with E-state index in [9.17, 15) is 5.11 Å². The largest absolute Gasteiger partial charge is 0.497 e. The number of benzene rings is 2. The molecule has 1 heterocycles. The minimum absolute atomic E-state index is 0.334. The molecular weight excluding hydrogens is 338 g/mol. The summed E-state index contributed by atoms with van der Waals surface area (Å²) in [6, 6.07) is 18.1. The molecule has 0 radical (unpaired) electrons. The van der Waals surface area contributed by atoms with Crippen LogP contribution in [0, 0.1) is 0 Å². The van der Waals surface area contributed by atoms with Crippen LogP contribution in [0.2, 0.25) is 0 Å². The van der Waals surface area contributed by atoms with Crippen LogP contribution < -0.4 is 10.1 Å². The van der Waals surface area contributed by atoms with Crippen LogP contribution in [-0.4, -0.2) is 49.3 Å². The minimum atomic E-state index is -0.628. The molecule has 3 rings (SSSR count). The molecule has 2 unspecified atom stereocenters. The van der Waals surface area contributed by atoms with Gasteiger partial charge >= 0.3 is 0 Å². The highest BCUT2D eigenvalue weighted by atomic mass is 16.5. The van der Waals surface area contributed by atoms with E-state index in [4.69, 9.17) is 9.73 Å². The van der Waals surface area contributed by atoms with E-state index in [-0.39, 0.29) is 0 Å². The molecule has 0 aromatic heterocycles. The standard InChI is InChI=1S/C22H29N3O2/c1-3-23-22(24-15-21(26)18-9-11-20(27-2)12-10-18)25-14-13-19(16-25)17-7-5-4-6-8-17/h4-12,19,21,26H,3,13-16H2,1-2H3,(H,23,24). The molecule has 0 amide bonds. The SMILES string of the molecule is CCNC(=NCC(O)c1ccc(OC)cc1)N1CCC(c2ccccc2)C1. The Kier molecular flexibility index (Phi) is 6.71. The fourth-order valence-electron chi connectivity index (χ4n) is 3.48. The van der Waals surface area contributed by atoms with Crippen molar-refractivity contribution in [2.45, 2.75) is 25.4 Å². The Labute approximate surface area is 161 Å². The zero-order valence-corrected chi connectivity index (χ0v) is 16.1. The molecule has 5 nitrogen and oxygen atoms in total. The first-order valence-corrected chi connectivity index (χ1v) is 9.61. The van der Waals surface area contributed by atoms with Crippen LogP contribution >= 0.6 is 0 Å². The second kappa shape index (κ2) is 9.42. The quantitative estimate of drug-likeness (QED) is 0.608. The van der Waals surface area contributed by atoms with Gasteiger partial charge in [0.05, 0.1) is 19.8 Å². The molecule has 2 aromatic rings. The van der Waals surface area contributed by atoms with Crippen molar-refractivity contribution in [3.05, 3.63) is 65.7 Å². The number of aliphatic hydroxyl groups excluding tert-OH is 1. The maximum atomic E-state index is 10.5. The Morgan fingerprint density at radius 3 is 2.63 bits per heavy atom. The summed E-state index contributed by atoms with van der Waals surface area (Å²) in [4.78, 5) is 6.99. The Balaban J connectivity index is 1.64. The van der Waals surface area contributed by atoms with Crippen LogP contribution in [0.15, 0.2) is 59.6 Å². The van der Waals surface area contributed by atoms with Crippen LogP contribution in [0.5, 0.6) is 5.75 Å². The number of likely N-dealkylation sites (tertiary alicyclic amines) is 1. The first-order valence-electron chi connectivity index (χ1n) is 9.61. The number of ether oxygens (including phenoxy) is 1. The lowest BCUT2D eigenvalue weighted by Gasteiger charge is -2.22. The Bertz CT molecular complexity index is 731. The summed E-state index contributed by atoms with van der Waals surface area (Å²) in [5, 5.41) is 13.8. The second-order valence-corrected chi connectivity index (χ2v) is 6.83. The molecule has 1 aliphatic heterocycles. The molecular formula is C22H29N3O2. The third kappa shape index (κ3) is 5.01. The summed E-state index contributed by atoms with van der Waals surface area (Å²) in [5.41, 5.74) is 2.23. The average molecular weight is 367 g/mol. The molecule has 0 bridgehead atoms. The van der Waals surface area contributed by atoms with E-state index < -0.39 is 6.10 Å². The Hall–Kier alpha value is -2.53. The molecule has 0 spiro atoms. The van der Waals surface area contributed by atoms with Crippen molar-refractivity contribution >= 4 is 5.96 Å². The van der Waals surface area contributed by atoms with Gasteiger partial charge in [-0.05, 0) is 36.6 Å². The topological polar surface area (TPSA) is 57.1 Å². The van der Waals surface area contributed by atoms with Crippen LogP contribution in [-0.2, 0) is 0 Å². The number of guanidine groups is 1. The van der Waals surface area contributed by atoms with E-state index in [1.54, 1.807) is 7.11 Å². The predicted octanol–water partition coefficient (Wildman–Crippen LogP) is 3.18. The highest BCUT2D eigenvalue weighted by Gasteiger charge is 2.26. The molecule has 1 saturated heterocycles. The van der Waals surface area contributed by atoms with Gasteiger partial charge in [0.1, 0.15) is 5.75 Å². The van der Waals surface area contributed by atoms with Crippen molar-refractivity contribution in [2.75, 3.05) is 33.3 Å². The average Bonchev–Trinajstić information content (AvgIpc) is 3.21. The fourth-order valence-corrected chi connectivity index (χ4v) is 3.48. The Morgan fingerprint density at radius 1 is 1.22 bits per heavy atom. The first-order chi connectivity index (χ1) is 13.2. The van der Waals surface area contributed by atoms with Crippen molar-refractivity contribution in [1.82, 2.24) is 10.2 Å². The molecule has 5 heteroatoms. The van der Waals surface area contributed by atoms with E-state index in [2.05, 4.69) is 47.5 Å². The summed E-state index contributed by atoms with van der Waals surface area (Å²) >= 11 is 0. The summed E-state index contributed by atoms with van der Waals surface area (Å²) in [7, 11) is 1.64. The van der Waals surface area contributed by atoms with Crippen molar-refractivity contribution in [3.63, 3.8) is 0 Å². The van der Waals surface area contributed by atoms with E-state index in [1.807, 2.05) is 24.3 Å². The third-order valence-corrected chi connectivity index (χ3v) is 5.01. The summed E-state index contributed by atoms with van der Waals surface area (Å²) < 4.78 is 5.17. The monoisotopic (exact) mass is 367 g/mol. The van der Waals surface area contributed by atoms with Gasteiger partial charge in [0, 0.05) is 25.6 Å². The molecule has 0 saturated carbocycles. The maximum Gasteiger partial charge on any atom is 0.194 e. The normalized spacial score (nSPS) is 18.4. The number of hydrogen-bond acceptors (Lipinski definition) is 3. The van der Waals surface area contributed by atoms with Crippen molar-refractivity contribution in [1.29, 1.82) is 0 Å². The number of nitrogens with zero attached hydrogens (tertiary/aromatic N) is 2. The molecule has 2 atom stereocenters. The molecule has 1 aliphatic rings. The van der Waals surface area contributed by atoms with E-state index in [0.29, 0.717) is 12.5 Å². The maximum absolute atomic E-state index is 10.5. The number of aliphatic hydroxyl groups is 1. The van der Waals surface area contributed by atoms with Gasteiger partial charge < -0.3 is 20.1 Å². The lowest BCUT2D eigenvalue weighted by atomic mass is 9.99. The van der Waals surface area contributed by atoms with Crippen molar-refractivity contribution in [2.24, 2.45) is 4.99 Å². The first kappa shape index (κ1) is 19.2. The number of methoxy groups -OCH3 is 1. The molecule has 27 heavy (non-hydrogen) atoms. The zero-order chi connectivity index (χ0) is 19.1. The van der Waals surface area contributed by atoms with Gasteiger partial charge in [-0.3, -0.25) is 4.99 Å². The number of aliphatic imine (C=N–C) groups is 1. The van der Waals surface area contributed by atoms with Crippen LogP contribution in [0.1, 0.15) is 36.5 Å². The van der Waals surface area contributed by atoms with E-state index >= 15 is 0 Å². The summed E-state index contributed by atoms with van der Waals surface area (Å²) in [5.74, 6) is 2.19. The smallest absolute Gasteiger partial charge is 0.194 e. The van der Waals surface area contributed by atoms with Gasteiger partial charge in [-0.15, -0.1) is 0 Å². The van der Waals surface area contributed by atoms with Crippen molar-refractivity contribution in [3.8, 4) is 5.75 Å². The highest BCUT2D eigenvalue weighted by Crippen LogP contribution is 2.27. The molecule has 2 N–H and O–H groups in total. The molecule has 1 fully saturated rings. The summed E-state index contributed by atoms with van der Waals surface area (Å²) in [6.07, 6.45) is 0.493. The molecule has 2 aromatic carbocycles. The van der Waals surface area contributed by atoms with Crippen LogP contribution in [0.3, 0.4) is 0 Å². The number of rotatable bonds is 6. The van der Waals surface area contributed by atoms with Gasteiger partial charge in [0.25, 0.3) is 0 Å². The van der Waals surface area contributed by atoms with Crippen LogP contribution in [0.4, 0.5) is 0 Å². The number of nitrogens with one attached hydrogen (secondary N) is 1. The lowest BCUT2D eigenvalue weighted by molar-refractivity contribution is 0.186. The number of hydrogen-bond donors (Lipinski definition) is 2. The van der Waals surface area contributed by atoms with Gasteiger partial charge in [0.2, 0.25) is 0 Å². The second-order valence-electron chi connectivity index (χ2n) is 6.83. The third-order valence-electron chi connectivity index (χ3n) is 5.01.